The van der Waals surface area contributed by atoms with Gasteiger partial charge in [0, 0.05) is 33.0 Å². The lowest BCUT2D eigenvalue weighted by atomic mass is 9.87. The molecule has 1 saturated heterocycles. The van der Waals surface area contributed by atoms with Crippen LogP contribution in [0.1, 0.15) is 37.0 Å². The number of carboxylic acid groups (broad SMARTS) is 1. The Hall–Kier alpha value is -3.27. The predicted octanol–water partition coefficient (Wildman–Crippen LogP) is 4.53. The second-order valence-corrected chi connectivity index (χ2v) is 9.21. The van der Waals surface area contributed by atoms with Gasteiger partial charge in [-0.25, -0.2) is 9.59 Å². The summed E-state index contributed by atoms with van der Waals surface area (Å²) in [6.07, 6.45) is -3.63. The molecule has 196 valence electrons. The number of halogens is 3. The lowest BCUT2D eigenvalue weighted by molar-refractivity contribution is -0.162. The third-order valence-electron chi connectivity index (χ3n) is 6.59. The number of nitrogens with zero attached hydrogens (tertiary/aromatic N) is 1. The number of carbonyl (C=O) groups is 2. The summed E-state index contributed by atoms with van der Waals surface area (Å²) >= 11 is 0. The van der Waals surface area contributed by atoms with Crippen molar-refractivity contribution in [3.8, 4) is 5.75 Å². The number of aliphatic carboxylic acids is 1. The van der Waals surface area contributed by atoms with Crippen molar-refractivity contribution >= 4 is 12.0 Å². The molecule has 2 atom stereocenters. The lowest BCUT2D eigenvalue weighted by Gasteiger charge is -2.35. The fourth-order valence-corrected chi connectivity index (χ4v) is 4.41. The number of ether oxygens (including phenoxy) is 2. The van der Waals surface area contributed by atoms with Gasteiger partial charge in [0.2, 0.25) is 0 Å². The van der Waals surface area contributed by atoms with E-state index in [1.165, 1.54) is 17.9 Å². The summed E-state index contributed by atoms with van der Waals surface area (Å²) < 4.78 is 50.8. The van der Waals surface area contributed by atoms with E-state index in [2.05, 4.69) is 5.32 Å². The van der Waals surface area contributed by atoms with E-state index in [0.29, 0.717) is 17.7 Å². The Morgan fingerprint density at radius 2 is 1.86 bits per heavy atom. The number of benzene rings is 2. The van der Waals surface area contributed by atoms with Gasteiger partial charge in [0.15, 0.2) is 5.60 Å². The molecular weight excluding hydrogens is 477 g/mol. The van der Waals surface area contributed by atoms with Crippen molar-refractivity contribution in [1.82, 2.24) is 10.2 Å². The van der Waals surface area contributed by atoms with E-state index in [1.54, 1.807) is 44.3 Å². The molecular formula is C26H31F3N2O5. The number of likely N-dealkylation sites (N-methyl/N-ethyl adjacent to an activating group) is 1. The number of hydrogen-bond acceptors (Lipinski definition) is 4. The molecule has 0 aromatic heterocycles. The molecule has 0 saturated carbocycles. The molecule has 36 heavy (non-hydrogen) atoms. The van der Waals surface area contributed by atoms with Gasteiger partial charge in [0.05, 0.1) is 17.7 Å². The summed E-state index contributed by atoms with van der Waals surface area (Å²) in [6, 6.07) is 11.8. The highest BCUT2D eigenvalue weighted by Gasteiger charge is 2.43. The van der Waals surface area contributed by atoms with E-state index < -0.39 is 28.8 Å². The fraction of sp³-hybridized carbons (Fsp3) is 0.462. The van der Waals surface area contributed by atoms with Crippen molar-refractivity contribution in [1.29, 1.82) is 0 Å². The van der Waals surface area contributed by atoms with Gasteiger partial charge in [-0.3, -0.25) is 0 Å². The topological polar surface area (TPSA) is 88.1 Å². The maximum absolute atomic E-state index is 13.2. The van der Waals surface area contributed by atoms with Crippen LogP contribution in [0.2, 0.25) is 0 Å². The van der Waals surface area contributed by atoms with Crippen molar-refractivity contribution < 1.29 is 37.3 Å². The largest absolute Gasteiger partial charge is 0.494 e. The average Bonchev–Trinajstić information content (AvgIpc) is 3.08. The second kappa shape index (κ2) is 10.8. The fourth-order valence-electron chi connectivity index (χ4n) is 4.41. The first-order chi connectivity index (χ1) is 16.9. The molecule has 10 heteroatoms. The highest BCUT2D eigenvalue weighted by Crippen LogP contribution is 2.33. The third-order valence-corrected chi connectivity index (χ3v) is 6.59. The van der Waals surface area contributed by atoms with E-state index in [-0.39, 0.29) is 38.6 Å². The minimum Gasteiger partial charge on any atom is -0.494 e. The third kappa shape index (κ3) is 6.29. The Labute approximate surface area is 208 Å². The first-order valence-electron chi connectivity index (χ1n) is 11.7. The van der Waals surface area contributed by atoms with E-state index in [4.69, 9.17) is 9.47 Å². The highest BCUT2D eigenvalue weighted by molar-refractivity contribution is 5.78. The van der Waals surface area contributed by atoms with Crippen molar-refractivity contribution in [3.63, 3.8) is 0 Å². The Balaban J connectivity index is 1.67. The average molecular weight is 509 g/mol. The Kier molecular flexibility index (Phi) is 8.18. The molecule has 0 spiro atoms. The Bertz CT molecular complexity index is 1080. The molecule has 7 nitrogen and oxygen atoms in total. The van der Waals surface area contributed by atoms with Crippen molar-refractivity contribution in [2.75, 3.05) is 26.8 Å². The molecule has 2 aromatic carbocycles. The van der Waals surface area contributed by atoms with Crippen LogP contribution in [0.4, 0.5) is 18.0 Å². The number of carboxylic acids is 1. The van der Waals surface area contributed by atoms with Crippen LogP contribution in [0.5, 0.6) is 5.75 Å². The van der Waals surface area contributed by atoms with Gasteiger partial charge in [-0.1, -0.05) is 30.3 Å². The van der Waals surface area contributed by atoms with Gasteiger partial charge in [0.25, 0.3) is 0 Å². The van der Waals surface area contributed by atoms with Gasteiger partial charge in [-0.2, -0.15) is 13.2 Å². The standard InChI is InChI=1S/C26H31F3N2O5/c1-4-36-24(2,22(32)33)15-18-8-10-21(11-9-18)35-13-12-25(17-30-23(34)31(25)3)16-19-6-5-7-20(14-19)26(27,28)29/h5-11,14H,4,12-13,15-17H2,1-3H3,(H,30,34)(H,32,33). The van der Waals surface area contributed by atoms with Crippen LogP contribution >= 0.6 is 0 Å². The monoisotopic (exact) mass is 508 g/mol. The maximum atomic E-state index is 13.2. The highest BCUT2D eigenvalue weighted by atomic mass is 19.4. The summed E-state index contributed by atoms with van der Waals surface area (Å²) in [5.74, 6) is -0.485. The zero-order valence-corrected chi connectivity index (χ0v) is 20.5. The second-order valence-electron chi connectivity index (χ2n) is 9.21. The normalized spacial score (nSPS) is 19.6. The van der Waals surface area contributed by atoms with E-state index in [1.807, 2.05) is 0 Å². The number of rotatable bonds is 11. The Morgan fingerprint density at radius 3 is 2.42 bits per heavy atom. The van der Waals surface area contributed by atoms with Crippen LogP contribution in [0, 0.1) is 0 Å². The van der Waals surface area contributed by atoms with Crippen LogP contribution in [0.25, 0.3) is 0 Å². The molecule has 2 aromatic rings. The number of nitrogens with one attached hydrogen (secondary N) is 1. The van der Waals surface area contributed by atoms with Crippen molar-refractivity contribution in [2.45, 2.75) is 50.4 Å². The zero-order chi connectivity index (χ0) is 26.6. The molecule has 2 amide bonds. The molecule has 1 heterocycles. The van der Waals surface area contributed by atoms with Gasteiger partial charge < -0.3 is 24.8 Å². The minimum atomic E-state index is -4.45. The zero-order valence-electron chi connectivity index (χ0n) is 20.5. The quantitative estimate of drug-likeness (QED) is 0.466. The number of hydrogen-bond donors (Lipinski definition) is 2. The van der Waals surface area contributed by atoms with Crippen LogP contribution < -0.4 is 10.1 Å². The number of urea groups is 1. The van der Waals surface area contributed by atoms with Gasteiger partial charge >= 0.3 is 18.2 Å². The summed E-state index contributed by atoms with van der Waals surface area (Å²) in [5, 5.41) is 12.3. The molecule has 2 unspecified atom stereocenters. The number of amides is 2. The molecule has 0 bridgehead atoms. The summed E-state index contributed by atoms with van der Waals surface area (Å²) in [4.78, 5) is 25.3. The summed E-state index contributed by atoms with van der Waals surface area (Å²) in [7, 11) is 1.63. The summed E-state index contributed by atoms with van der Waals surface area (Å²) in [6.45, 7) is 4.05. The number of carbonyl (C=O) groups excluding carboxylic acids is 1. The van der Waals surface area contributed by atoms with Crippen LogP contribution in [-0.4, -0.2) is 60.0 Å². The van der Waals surface area contributed by atoms with Crippen LogP contribution in [0.15, 0.2) is 48.5 Å². The van der Waals surface area contributed by atoms with Crippen LogP contribution in [-0.2, 0) is 28.5 Å². The van der Waals surface area contributed by atoms with E-state index in [0.717, 1.165) is 17.7 Å². The molecule has 1 aliphatic heterocycles. The van der Waals surface area contributed by atoms with Gasteiger partial charge in [0.1, 0.15) is 5.75 Å². The predicted molar refractivity (Wildman–Crippen MR) is 127 cm³/mol. The van der Waals surface area contributed by atoms with E-state index in [9.17, 15) is 27.9 Å². The van der Waals surface area contributed by atoms with E-state index >= 15 is 0 Å². The maximum Gasteiger partial charge on any atom is 0.416 e. The lowest BCUT2D eigenvalue weighted by Crippen LogP contribution is -2.48. The first kappa shape index (κ1) is 27.3. The molecule has 3 rings (SSSR count). The van der Waals surface area contributed by atoms with Gasteiger partial charge in [-0.15, -0.1) is 0 Å². The summed E-state index contributed by atoms with van der Waals surface area (Å²) in [5.41, 5.74) is -1.56. The Morgan fingerprint density at radius 1 is 1.17 bits per heavy atom. The van der Waals surface area contributed by atoms with Crippen LogP contribution in [0.3, 0.4) is 0 Å². The molecule has 0 aliphatic carbocycles. The first-order valence-corrected chi connectivity index (χ1v) is 11.7. The molecule has 1 aliphatic rings. The number of alkyl halides is 3. The molecule has 1 fully saturated rings. The van der Waals surface area contributed by atoms with Crippen molar-refractivity contribution in [2.24, 2.45) is 0 Å². The van der Waals surface area contributed by atoms with Gasteiger partial charge in [-0.05, 0) is 49.6 Å². The smallest absolute Gasteiger partial charge is 0.416 e. The minimum absolute atomic E-state index is 0.190. The SMILES string of the molecule is CCOC(C)(Cc1ccc(OCCC2(Cc3cccc(C(F)(F)F)c3)CNC(=O)N2C)cc1)C(=O)O. The molecule has 2 N–H and O–H groups in total. The van der Waals surface area contributed by atoms with Crippen molar-refractivity contribution in [3.05, 3.63) is 65.2 Å². The molecule has 0 radical (unpaired) electrons.